The summed E-state index contributed by atoms with van der Waals surface area (Å²) in [5.41, 5.74) is -0.144. The third-order valence-corrected chi connectivity index (χ3v) is 4.83. The smallest absolute Gasteiger partial charge is 0.154 e. The second-order valence-electron chi connectivity index (χ2n) is 5.39. The molecule has 0 saturated carbocycles. The molecule has 0 radical (unpaired) electrons. The second kappa shape index (κ2) is 5.35. The minimum Gasteiger partial charge on any atom is -0.598 e. The highest BCUT2D eigenvalue weighted by molar-refractivity contribution is 7.90. The fourth-order valence-corrected chi connectivity index (χ4v) is 2.92. The fraction of sp³-hybridized carbons (Fsp3) is 0.636. The van der Waals surface area contributed by atoms with Crippen LogP contribution < -0.4 is 4.72 Å². The molecular weight excluding hydrogens is 309 g/mol. The Labute approximate surface area is 125 Å². The zero-order valence-corrected chi connectivity index (χ0v) is 13.2. The van der Waals surface area contributed by atoms with Crippen molar-refractivity contribution in [3.63, 3.8) is 0 Å². The van der Waals surface area contributed by atoms with Crippen LogP contribution in [0, 0.1) is 0 Å². The van der Waals surface area contributed by atoms with Crippen molar-refractivity contribution < 1.29 is 9.29 Å². The lowest BCUT2D eigenvalue weighted by atomic mass is 9.95. The first-order chi connectivity index (χ1) is 8.74. The van der Waals surface area contributed by atoms with Gasteiger partial charge in [0, 0.05) is 11.4 Å². The van der Waals surface area contributed by atoms with E-state index in [1.54, 1.807) is 0 Å². The molecule has 1 saturated heterocycles. The lowest BCUT2D eigenvalue weighted by Crippen LogP contribution is -2.62. The standard InChI is InChI=1S/C11H15Cl2N3O2S/c1-10(2,3)19(17)16-11(5-18-6-11)8-9(13)15-7(12)4-14-8/h4,16H,5-6H2,1-3H3. The van der Waals surface area contributed by atoms with Crippen molar-refractivity contribution in [2.45, 2.75) is 31.1 Å². The SMILES string of the molecule is CC(C)(C)[S+]([O-])NC1(c2ncc(Cl)nc2Cl)COC1. The zero-order valence-electron chi connectivity index (χ0n) is 10.9. The summed E-state index contributed by atoms with van der Waals surface area (Å²) < 4.78 is 20.2. The maximum absolute atomic E-state index is 12.3. The molecule has 1 aliphatic heterocycles. The van der Waals surface area contributed by atoms with E-state index in [0.717, 1.165) is 0 Å². The zero-order chi connectivity index (χ0) is 14.3. The van der Waals surface area contributed by atoms with Crippen LogP contribution in [0.4, 0.5) is 0 Å². The van der Waals surface area contributed by atoms with E-state index in [9.17, 15) is 4.55 Å². The molecule has 0 amide bonds. The van der Waals surface area contributed by atoms with Gasteiger partial charge in [0.15, 0.2) is 10.7 Å². The van der Waals surface area contributed by atoms with Crippen molar-refractivity contribution in [1.82, 2.24) is 14.7 Å². The van der Waals surface area contributed by atoms with E-state index in [2.05, 4.69) is 14.7 Å². The van der Waals surface area contributed by atoms with E-state index in [-0.39, 0.29) is 10.3 Å². The molecule has 8 heteroatoms. The van der Waals surface area contributed by atoms with Gasteiger partial charge in [0.05, 0.1) is 19.4 Å². The second-order valence-corrected chi connectivity index (χ2v) is 8.10. The van der Waals surface area contributed by atoms with Crippen LogP contribution in [0.3, 0.4) is 0 Å². The number of nitrogens with one attached hydrogen (secondary N) is 1. The predicted octanol–water partition coefficient (Wildman–Crippen LogP) is 2.06. The summed E-state index contributed by atoms with van der Waals surface area (Å²) in [6, 6.07) is 0. The van der Waals surface area contributed by atoms with Gasteiger partial charge < -0.3 is 9.29 Å². The van der Waals surface area contributed by atoms with Crippen LogP contribution in [-0.4, -0.2) is 32.5 Å². The summed E-state index contributed by atoms with van der Waals surface area (Å²) in [5, 5.41) is 0.426. The number of hydrogen-bond donors (Lipinski definition) is 1. The monoisotopic (exact) mass is 323 g/mol. The average Bonchev–Trinajstić information content (AvgIpc) is 2.22. The molecule has 2 heterocycles. The van der Waals surface area contributed by atoms with E-state index in [1.807, 2.05) is 20.8 Å². The summed E-state index contributed by atoms with van der Waals surface area (Å²) in [6.45, 7) is 6.37. The number of halogens is 2. The number of ether oxygens (including phenoxy) is 1. The average molecular weight is 324 g/mol. The van der Waals surface area contributed by atoms with Crippen LogP contribution in [0.2, 0.25) is 10.3 Å². The van der Waals surface area contributed by atoms with E-state index < -0.39 is 21.6 Å². The Kier molecular flexibility index (Phi) is 4.30. The summed E-state index contributed by atoms with van der Waals surface area (Å²) in [5.74, 6) is 0. The summed E-state index contributed by atoms with van der Waals surface area (Å²) in [4.78, 5) is 8.17. The van der Waals surface area contributed by atoms with Gasteiger partial charge in [-0.2, -0.15) is 0 Å². The van der Waals surface area contributed by atoms with Crippen molar-refractivity contribution in [3.05, 3.63) is 22.2 Å². The van der Waals surface area contributed by atoms with E-state index in [0.29, 0.717) is 18.9 Å². The van der Waals surface area contributed by atoms with Crippen LogP contribution in [0.5, 0.6) is 0 Å². The lowest BCUT2D eigenvalue weighted by molar-refractivity contribution is -0.0689. The molecule has 1 N–H and O–H groups in total. The normalized spacial score (nSPS) is 19.9. The van der Waals surface area contributed by atoms with Crippen molar-refractivity contribution >= 4 is 34.6 Å². The largest absolute Gasteiger partial charge is 0.598 e. The van der Waals surface area contributed by atoms with Crippen molar-refractivity contribution in [1.29, 1.82) is 0 Å². The van der Waals surface area contributed by atoms with Gasteiger partial charge in [-0.05, 0) is 20.8 Å². The van der Waals surface area contributed by atoms with Crippen LogP contribution in [-0.2, 0) is 21.6 Å². The third kappa shape index (κ3) is 3.15. The van der Waals surface area contributed by atoms with Gasteiger partial charge in [-0.1, -0.05) is 23.2 Å². The maximum atomic E-state index is 12.3. The van der Waals surface area contributed by atoms with Gasteiger partial charge in [0.1, 0.15) is 15.6 Å². The summed E-state index contributed by atoms with van der Waals surface area (Å²) in [7, 11) is 0. The molecule has 19 heavy (non-hydrogen) atoms. The molecule has 0 aromatic carbocycles. The fourth-order valence-electron chi connectivity index (χ4n) is 1.55. The van der Waals surface area contributed by atoms with Gasteiger partial charge in [-0.25, -0.2) is 4.98 Å². The van der Waals surface area contributed by atoms with Gasteiger partial charge in [-0.3, -0.25) is 4.98 Å². The molecule has 1 aromatic rings. The number of hydrogen-bond acceptors (Lipinski definition) is 5. The Morgan fingerprint density at radius 2 is 2.05 bits per heavy atom. The molecule has 1 aliphatic rings. The minimum atomic E-state index is -1.26. The van der Waals surface area contributed by atoms with Crippen molar-refractivity contribution in [2.24, 2.45) is 0 Å². The topological polar surface area (TPSA) is 70.1 Å². The molecule has 5 nitrogen and oxygen atoms in total. The Morgan fingerprint density at radius 3 is 2.47 bits per heavy atom. The van der Waals surface area contributed by atoms with Gasteiger partial charge in [-0.15, -0.1) is 4.72 Å². The summed E-state index contributed by atoms with van der Waals surface area (Å²) >= 11 is 10.5. The molecule has 1 atom stereocenters. The molecule has 1 fully saturated rings. The third-order valence-electron chi connectivity index (χ3n) is 2.70. The maximum Gasteiger partial charge on any atom is 0.154 e. The van der Waals surface area contributed by atoms with Crippen LogP contribution in [0.25, 0.3) is 0 Å². The van der Waals surface area contributed by atoms with E-state index in [1.165, 1.54) is 6.20 Å². The molecule has 106 valence electrons. The predicted molar refractivity (Wildman–Crippen MR) is 75.6 cm³/mol. The Balaban J connectivity index is 2.28. The molecule has 0 spiro atoms. The highest BCUT2D eigenvalue weighted by Gasteiger charge is 2.49. The number of nitrogens with zero attached hydrogens (tertiary/aromatic N) is 2. The molecule has 1 unspecified atom stereocenters. The van der Waals surface area contributed by atoms with E-state index in [4.69, 9.17) is 27.9 Å². The van der Waals surface area contributed by atoms with Crippen molar-refractivity contribution in [2.75, 3.05) is 13.2 Å². The quantitative estimate of drug-likeness (QED) is 0.862. The van der Waals surface area contributed by atoms with Gasteiger partial charge >= 0.3 is 0 Å². The minimum absolute atomic E-state index is 0.203. The van der Waals surface area contributed by atoms with Crippen LogP contribution in [0.1, 0.15) is 26.5 Å². The van der Waals surface area contributed by atoms with Gasteiger partial charge in [0.2, 0.25) is 0 Å². The number of aromatic nitrogens is 2. The molecule has 2 rings (SSSR count). The first-order valence-electron chi connectivity index (χ1n) is 5.71. The Hall–Kier alpha value is -0.110. The first-order valence-corrected chi connectivity index (χ1v) is 7.61. The van der Waals surface area contributed by atoms with Gasteiger partial charge in [0.25, 0.3) is 0 Å². The molecule has 0 bridgehead atoms. The Morgan fingerprint density at radius 1 is 1.42 bits per heavy atom. The Bertz CT molecular complexity index is 477. The first kappa shape index (κ1) is 15.3. The van der Waals surface area contributed by atoms with Crippen LogP contribution in [0.15, 0.2) is 6.20 Å². The van der Waals surface area contributed by atoms with E-state index >= 15 is 0 Å². The lowest BCUT2D eigenvalue weighted by Gasteiger charge is -2.42. The van der Waals surface area contributed by atoms with Crippen molar-refractivity contribution in [3.8, 4) is 0 Å². The molecular formula is C11H15Cl2N3O2S. The highest BCUT2D eigenvalue weighted by atomic mass is 35.5. The number of rotatable bonds is 3. The molecule has 1 aromatic heterocycles. The summed E-state index contributed by atoms with van der Waals surface area (Å²) in [6.07, 6.45) is 1.42. The van der Waals surface area contributed by atoms with Crippen LogP contribution >= 0.6 is 23.2 Å². The molecule has 0 aliphatic carbocycles. The highest BCUT2D eigenvalue weighted by Crippen LogP contribution is 2.34.